The standard InChI is InChI=1S/C19H30N6O2S/c1-4-24-12-15(18(23-24)27-6-3)17-21-22-19(25(17)5-2)28-13-16(26)20-14-10-8-7-9-11-14/h12,14H,4-11,13H2,1-3H3,(H,20,26). The first-order valence-corrected chi connectivity index (χ1v) is 11.2. The first-order chi connectivity index (χ1) is 13.7. The number of aryl methyl sites for hydroxylation is 1. The Hall–Kier alpha value is -2.03. The van der Waals surface area contributed by atoms with Crippen molar-refractivity contribution in [3.05, 3.63) is 6.20 Å². The molecule has 2 aromatic rings. The van der Waals surface area contributed by atoms with Crippen molar-refractivity contribution in [3.63, 3.8) is 0 Å². The summed E-state index contributed by atoms with van der Waals surface area (Å²) in [5.74, 6) is 1.71. The van der Waals surface area contributed by atoms with E-state index in [0.717, 1.165) is 35.9 Å². The minimum atomic E-state index is 0.0675. The summed E-state index contributed by atoms with van der Waals surface area (Å²) in [7, 11) is 0. The van der Waals surface area contributed by atoms with Gasteiger partial charge in [-0.2, -0.15) is 0 Å². The van der Waals surface area contributed by atoms with E-state index < -0.39 is 0 Å². The third-order valence-electron chi connectivity index (χ3n) is 4.91. The van der Waals surface area contributed by atoms with E-state index in [9.17, 15) is 4.79 Å². The Labute approximate surface area is 170 Å². The Kier molecular flexibility index (Phi) is 7.36. The Morgan fingerprint density at radius 2 is 2.00 bits per heavy atom. The smallest absolute Gasteiger partial charge is 0.243 e. The molecule has 0 spiro atoms. The molecule has 0 radical (unpaired) electrons. The maximum atomic E-state index is 12.3. The first kappa shape index (κ1) is 20.7. The van der Waals surface area contributed by atoms with Gasteiger partial charge >= 0.3 is 0 Å². The van der Waals surface area contributed by atoms with Gasteiger partial charge in [-0.1, -0.05) is 31.0 Å². The molecule has 1 aliphatic carbocycles. The summed E-state index contributed by atoms with van der Waals surface area (Å²) in [5.41, 5.74) is 0.830. The van der Waals surface area contributed by atoms with Crippen LogP contribution in [0.1, 0.15) is 52.9 Å². The summed E-state index contributed by atoms with van der Waals surface area (Å²) in [6, 6.07) is 0.329. The zero-order valence-electron chi connectivity index (χ0n) is 17.0. The second-order valence-corrected chi connectivity index (χ2v) is 7.82. The van der Waals surface area contributed by atoms with E-state index in [0.29, 0.717) is 30.8 Å². The van der Waals surface area contributed by atoms with Crippen molar-refractivity contribution in [1.82, 2.24) is 29.9 Å². The molecule has 3 rings (SSSR count). The van der Waals surface area contributed by atoms with Gasteiger partial charge in [0.25, 0.3) is 0 Å². The zero-order valence-corrected chi connectivity index (χ0v) is 17.8. The van der Waals surface area contributed by atoms with Crippen LogP contribution in [0.25, 0.3) is 11.4 Å². The molecule has 2 aromatic heterocycles. The molecular weight excluding hydrogens is 376 g/mol. The fraction of sp³-hybridized carbons (Fsp3) is 0.684. The minimum absolute atomic E-state index is 0.0675. The largest absolute Gasteiger partial charge is 0.476 e. The maximum absolute atomic E-state index is 12.3. The van der Waals surface area contributed by atoms with Crippen LogP contribution in [0.3, 0.4) is 0 Å². The van der Waals surface area contributed by atoms with Crippen molar-refractivity contribution < 1.29 is 9.53 Å². The topological polar surface area (TPSA) is 86.9 Å². The van der Waals surface area contributed by atoms with Gasteiger partial charge in [-0.15, -0.1) is 15.3 Å². The fourth-order valence-electron chi connectivity index (χ4n) is 3.49. The first-order valence-electron chi connectivity index (χ1n) is 10.2. The summed E-state index contributed by atoms with van der Waals surface area (Å²) in [6.07, 6.45) is 7.81. The summed E-state index contributed by atoms with van der Waals surface area (Å²) in [5, 5.41) is 17.0. The van der Waals surface area contributed by atoms with Gasteiger partial charge in [0.15, 0.2) is 11.0 Å². The van der Waals surface area contributed by atoms with Crippen LogP contribution in [-0.4, -0.2) is 48.9 Å². The van der Waals surface area contributed by atoms with Crippen molar-refractivity contribution in [2.24, 2.45) is 0 Å². The van der Waals surface area contributed by atoms with Gasteiger partial charge in [-0.3, -0.25) is 9.48 Å². The number of carbonyl (C=O) groups excluding carboxylic acids is 1. The van der Waals surface area contributed by atoms with Gasteiger partial charge in [0, 0.05) is 25.3 Å². The molecule has 154 valence electrons. The number of aromatic nitrogens is 5. The summed E-state index contributed by atoms with van der Waals surface area (Å²) in [6.45, 7) is 8.01. The van der Waals surface area contributed by atoms with Crippen LogP contribution in [-0.2, 0) is 17.9 Å². The zero-order chi connectivity index (χ0) is 19.9. The molecule has 1 amide bonds. The molecule has 1 aliphatic rings. The average molecular weight is 407 g/mol. The molecular formula is C19H30N6O2S. The number of hydrogen-bond acceptors (Lipinski definition) is 6. The molecule has 9 heteroatoms. The molecule has 0 unspecified atom stereocenters. The van der Waals surface area contributed by atoms with Crippen LogP contribution in [0, 0.1) is 0 Å². The van der Waals surface area contributed by atoms with Crippen molar-refractivity contribution in [1.29, 1.82) is 0 Å². The molecule has 1 fully saturated rings. The summed E-state index contributed by atoms with van der Waals surface area (Å²) >= 11 is 1.42. The Balaban J connectivity index is 1.70. The molecule has 8 nitrogen and oxygen atoms in total. The van der Waals surface area contributed by atoms with Crippen molar-refractivity contribution >= 4 is 17.7 Å². The minimum Gasteiger partial charge on any atom is -0.476 e. The molecule has 2 heterocycles. The molecule has 0 aromatic carbocycles. The van der Waals surface area contributed by atoms with E-state index in [1.807, 2.05) is 36.2 Å². The molecule has 1 saturated carbocycles. The van der Waals surface area contributed by atoms with Crippen LogP contribution in [0.15, 0.2) is 11.4 Å². The lowest BCUT2D eigenvalue weighted by Crippen LogP contribution is -2.37. The van der Waals surface area contributed by atoms with Gasteiger partial charge in [0.2, 0.25) is 11.8 Å². The van der Waals surface area contributed by atoms with Crippen molar-refractivity contribution in [2.75, 3.05) is 12.4 Å². The van der Waals surface area contributed by atoms with Crippen molar-refractivity contribution in [3.8, 4) is 17.3 Å². The highest BCUT2D eigenvalue weighted by Crippen LogP contribution is 2.30. The molecule has 1 N–H and O–H groups in total. The predicted octanol–water partition coefficient (Wildman–Crippen LogP) is 3.12. The number of nitrogens with zero attached hydrogens (tertiary/aromatic N) is 5. The lowest BCUT2D eigenvalue weighted by Gasteiger charge is -2.22. The second kappa shape index (κ2) is 9.95. The van der Waals surface area contributed by atoms with E-state index in [1.54, 1.807) is 0 Å². The number of ether oxygens (including phenoxy) is 1. The average Bonchev–Trinajstić information content (AvgIpc) is 3.30. The van der Waals surface area contributed by atoms with Crippen LogP contribution in [0.4, 0.5) is 0 Å². The number of rotatable bonds is 9. The fourth-order valence-corrected chi connectivity index (χ4v) is 4.30. The van der Waals surface area contributed by atoms with Gasteiger partial charge in [0.1, 0.15) is 5.56 Å². The number of hydrogen-bond donors (Lipinski definition) is 1. The van der Waals surface area contributed by atoms with Crippen LogP contribution >= 0.6 is 11.8 Å². The van der Waals surface area contributed by atoms with Gasteiger partial charge < -0.3 is 14.6 Å². The van der Waals surface area contributed by atoms with Crippen LogP contribution in [0.5, 0.6) is 5.88 Å². The summed E-state index contributed by atoms with van der Waals surface area (Å²) in [4.78, 5) is 12.3. The Morgan fingerprint density at radius 3 is 2.68 bits per heavy atom. The predicted molar refractivity (Wildman–Crippen MR) is 109 cm³/mol. The maximum Gasteiger partial charge on any atom is 0.243 e. The van der Waals surface area contributed by atoms with E-state index >= 15 is 0 Å². The lowest BCUT2D eigenvalue weighted by molar-refractivity contribution is -0.119. The number of carbonyl (C=O) groups is 1. The van der Waals surface area contributed by atoms with Crippen LogP contribution in [0.2, 0.25) is 0 Å². The molecule has 0 atom stereocenters. The third kappa shape index (κ3) is 4.87. The molecule has 0 bridgehead atoms. The quantitative estimate of drug-likeness (QED) is 0.644. The Morgan fingerprint density at radius 1 is 1.21 bits per heavy atom. The van der Waals surface area contributed by atoms with Crippen molar-refractivity contribution in [2.45, 2.75) is 77.2 Å². The Bertz CT molecular complexity index is 781. The second-order valence-electron chi connectivity index (χ2n) is 6.88. The van der Waals surface area contributed by atoms with E-state index in [2.05, 4.69) is 20.6 Å². The van der Waals surface area contributed by atoms with Crippen LogP contribution < -0.4 is 10.1 Å². The summed E-state index contributed by atoms with van der Waals surface area (Å²) < 4.78 is 9.53. The highest BCUT2D eigenvalue weighted by molar-refractivity contribution is 7.99. The van der Waals surface area contributed by atoms with Gasteiger partial charge in [-0.05, 0) is 33.6 Å². The van der Waals surface area contributed by atoms with E-state index in [-0.39, 0.29) is 5.91 Å². The number of nitrogens with one attached hydrogen (secondary N) is 1. The van der Waals surface area contributed by atoms with Gasteiger partial charge in [0.05, 0.1) is 12.4 Å². The molecule has 28 heavy (non-hydrogen) atoms. The monoisotopic (exact) mass is 406 g/mol. The van der Waals surface area contributed by atoms with E-state index in [1.165, 1.54) is 31.0 Å². The highest BCUT2D eigenvalue weighted by Gasteiger charge is 2.21. The van der Waals surface area contributed by atoms with E-state index in [4.69, 9.17) is 4.74 Å². The highest BCUT2D eigenvalue weighted by atomic mass is 32.2. The van der Waals surface area contributed by atoms with Gasteiger partial charge in [-0.25, -0.2) is 0 Å². The SMILES string of the molecule is CCOc1nn(CC)cc1-c1nnc(SCC(=O)NC2CCCCC2)n1CC. The number of thioether (sulfide) groups is 1. The normalized spacial score (nSPS) is 15.0. The lowest BCUT2D eigenvalue weighted by atomic mass is 9.95. The molecule has 0 saturated heterocycles. The molecule has 0 aliphatic heterocycles. The third-order valence-corrected chi connectivity index (χ3v) is 5.88. The number of amides is 1.